The van der Waals surface area contributed by atoms with Crippen LogP contribution in [-0.2, 0) is 9.31 Å². The number of nitrogens with zero attached hydrogens (tertiary/aromatic N) is 2. The number of rotatable bonds is 6. The van der Waals surface area contributed by atoms with E-state index >= 15 is 0 Å². The summed E-state index contributed by atoms with van der Waals surface area (Å²) in [5.41, 5.74) is 9.58. The largest absolute Gasteiger partial charge is 0.494 e. The van der Waals surface area contributed by atoms with E-state index in [2.05, 4.69) is 143 Å². The Morgan fingerprint density at radius 2 is 0.889 bits per heavy atom. The van der Waals surface area contributed by atoms with Gasteiger partial charge >= 0.3 is 7.12 Å². The Kier molecular flexibility index (Phi) is 7.44. The van der Waals surface area contributed by atoms with Crippen molar-refractivity contribution in [3.8, 4) is 56.2 Å². The van der Waals surface area contributed by atoms with Crippen molar-refractivity contribution in [1.29, 1.82) is 0 Å². The molecule has 5 aromatic carbocycles. The Hall–Kier alpha value is -4.84. The third-order valence-electron chi connectivity index (χ3n) is 8.95. The predicted octanol–water partition coefficient (Wildman–Crippen LogP) is 9.11. The van der Waals surface area contributed by atoms with E-state index in [0.717, 1.165) is 44.7 Å². The van der Waals surface area contributed by atoms with Crippen molar-refractivity contribution >= 4 is 12.6 Å². The lowest BCUT2D eigenvalue weighted by Gasteiger charge is -2.32. The highest BCUT2D eigenvalue weighted by Crippen LogP contribution is 2.37. The molecule has 1 aromatic heterocycles. The van der Waals surface area contributed by atoms with E-state index in [4.69, 9.17) is 19.3 Å². The predicted molar refractivity (Wildman–Crippen MR) is 185 cm³/mol. The van der Waals surface area contributed by atoms with Gasteiger partial charge in [0, 0.05) is 16.7 Å². The lowest BCUT2D eigenvalue weighted by atomic mass is 9.78. The van der Waals surface area contributed by atoms with Crippen LogP contribution in [-0.4, -0.2) is 28.3 Å². The van der Waals surface area contributed by atoms with Crippen LogP contribution in [0.2, 0.25) is 0 Å². The summed E-state index contributed by atoms with van der Waals surface area (Å²) in [6.07, 6.45) is 0. The SMILES string of the molecule is CC1(C)OB(c2cccc(-c3cccc(-c4cc(-c5ccc(-c6ccccc6)cc5)nc(-c5ccccc5)n4)c3)c2)OC1(C)C. The lowest BCUT2D eigenvalue weighted by molar-refractivity contribution is 0.00578. The van der Waals surface area contributed by atoms with Crippen LogP contribution in [0.25, 0.3) is 56.2 Å². The molecule has 0 saturated carbocycles. The van der Waals surface area contributed by atoms with Gasteiger partial charge in [0.1, 0.15) is 0 Å². The maximum atomic E-state index is 6.34. The van der Waals surface area contributed by atoms with Gasteiger partial charge in [0.15, 0.2) is 5.82 Å². The van der Waals surface area contributed by atoms with E-state index in [1.54, 1.807) is 0 Å². The van der Waals surface area contributed by atoms with Crippen LogP contribution in [0.15, 0.2) is 140 Å². The molecule has 1 aliphatic heterocycles. The first kappa shape index (κ1) is 28.9. The van der Waals surface area contributed by atoms with Crippen molar-refractivity contribution in [3.05, 3.63) is 140 Å². The van der Waals surface area contributed by atoms with Gasteiger partial charge in [-0.3, -0.25) is 0 Å². The molecule has 0 aliphatic carbocycles. The Labute approximate surface area is 265 Å². The van der Waals surface area contributed by atoms with E-state index in [1.165, 1.54) is 11.1 Å². The van der Waals surface area contributed by atoms with Crippen molar-refractivity contribution in [1.82, 2.24) is 9.97 Å². The van der Waals surface area contributed by atoms with Crippen molar-refractivity contribution < 1.29 is 9.31 Å². The van der Waals surface area contributed by atoms with E-state index in [-0.39, 0.29) is 0 Å². The van der Waals surface area contributed by atoms with Crippen LogP contribution >= 0.6 is 0 Å². The minimum Gasteiger partial charge on any atom is -0.399 e. The molecule has 45 heavy (non-hydrogen) atoms. The molecule has 0 amide bonds. The van der Waals surface area contributed by atoms with E-state index < -0.39 is 18.3 Å². The summed E-state index contributed by atoms with van der Waals surface area (Å²) in [7, 11) is -0.413. The molecule has 0 atom stereocenters. The first-order chi connectivity index (χ1) is 21.8. The van der Waals surface area contributed by atoms with Crippen molar-refractivity contribution in [2.45, 2.75) is 38.9 Å². The van der Waals surface area contributed by atoms with Gasteiger partial charge < -0.3 is 9.31 Å². The van der Waals surface area contributed by atoms with Crippen LogP contribution in [0.1, 0.15) is 27.7 Å². The molecule has 0 spiro atoms. The van der Waals surface area contributed by atoms with Gasteiger partial charge in [-0.1, -0.05) is 127 Å². The summed E-state index contributed by atoms with van der Waals surface area (Å²) < 4.78 is 12.7. The first-order valence-electron chi connectivity index (χ1n) is 15.4. The Bertz CT molecular complexity index is 1940. The second-order valence-electron chi connectivity index (χ2n) is 12.6. The topological polar surface area (TPSA) is 44.2 Å². The van der Waals surface area contributed by atoms with Gasteiger partial charge in [-0.25, -0.2) is 9.97 Å². The van der Waals surface area contributed by atoms with Crippen molar-refractivity contribution in [2.24, 2.45) is 0 Å². The molecule has 1 fully saturated rings. The van der Waals surface area contributed by atoms with Crippen LogP contribution in [0.3, 0.4) is 0 Å². The molecule has 1 aliphatic rings. The second-order valence-corrected chi connectivity index (χ2v) is 12.6. The maximum absolute atomic E-state index is 6.34. The normalized spacial score (nSPS) is 15.2. The van der Waals surface area contributed by atoms with Crippen molar-refractivity contribution in [3.63, 3.8) is 0 Å². The molecular weight excluding hydrogens is 551 g/mol. The average molecular weight is 587 g/mol. The summed E-state index contributed by atoms with van der Waals surface area (Å²) >= 11 is 0. The van der Waals surface area contributed by atoms with Gasteiger partial charge in [0.05, 0.1) is 22.6 Å². The molecule has 7 rings (SSSR count). The molecule has 2 heterocycles. The second kappa shape index (κ2) is 11.6. The zero-order valence-corrected chi connectivity index (χ0v) is 26.1. The van der Waals surface area contributed by atoms with E-state index in [1.807, 2.05) is 24.3 Å². The molecule has 220 valence electrons. The fourth-order valence-electron chi connectivity index (χ4n) is 5.63. The molecule has 1 saturated heterocycles. The fraction of sp³-hybridized carbons (Fsp3) is 0.150. The van der Waals surface area contributed by atoms with Crippen LogP contribution in [0.5, 0.6) is 0 Å². The monoisotopic (exact) mass is 586 g/mol. The summed E-state index contributed by atoms with van der Waals surface area (Å²) in [5.74, 6) is 0.698. The molecular formula is C40H35BN2O2. The molecule has 6 aromatic rings. The van der Waals surface area contributed by atoms with Gasteiger partial charge in [-0.2, -0.15) is 0 Å². The summed E-state index contributed by atoms with van der Waals surface area (Å²) in [6, 6.07) is 48.2. The Balaban J connectivity index is 1.26. The third kappa shape index (κ3) is 5.85. The molecule has 0 bridgehead atoms. The van der Waals surface area contributed by atoms with Crippen molar-refractivity contribution in [2.75, 3.05) is 0 Å². The molecule has 5 heteroatoms. The number of aromatic nitrogens is 2. The first-order valence-corrected chi connectivity index (χ1v) is 15.4. The fourth-order valence-corrected chi connectivity index (χ4v) is 5.63. The van der Waals surface area contributed by atoms with Gasteiger partial charge in [0.2, 0.25) is 0 Å². The number of benzene rings is 5. The molecule has 4 nitrogen and oxygen atoms in total. The highest BCUT2D eigenvalue weighted by Gasteiger charge is 2.51. The minimum atomic E-state index is -0.413. The highest BCUT2D eigenvalue weighted by molar-refractivity contribution is 6.62. The number of hydrogen-bond acceptors (Lipinski definition) is 4. The summed E-state index contributed by atoms with van der Waals surface area (Å²) in [5, 5.41) is 0. The zero-order valence-electron chi connectivity index (χ0n) is 26.1. The summed E-state index contributed by atoms with van der Waals surface area (Å²) in [4.78, 5) is 10.1. The van der Waals surface area contributed by atoms with E-state index in [0.29, 0.717) is 5.82 Å². The highest BCUT2D eigenvalue weighted by atomic mass is 16.7. The van der Waals surface area contributed by atoms with Crippen LogP contribution < -0.4 is 5.46 Å². The third-order valence-corrected chi connectivity index (χ3v) is 8.95. The average Bonchev–Trinajstić information content (AvgIpc) is 3.31. The van der Waals surface area contributed by atoms with Crippen LogP contribution in [0.4, 0.5) is 0 Å². The number of hydrogen-bond donors (Lipinski definition) is 0. The van der Waals surface area contributed by atoms with Gasteiger partial charge in [-0.05, 0) is 67.5 Å². The van der Waals surface area contributed by atoms with Gasteiger partial charge in [0.25, 0.3) is 0 Å². The standard InChI is InChI=1S/C40H35BN2O2/c1-39(2)40(3,4)45-41(44-39)35-20-12-18-33(26-35)32-17-11-19-34(25-32)37-27-36(42-38(43-37)31-15-9-6-10-16-31)30-23-21-29(22-24-30)28-13-7-5-8-14-28/h5-27H,1-4H3. The molecule has 0 radical (unpaired) electrons. The Morgan fingerprint density at radius 3 is 1.53 bits per heavy atom. The molecule has 0 N–H and O–H groups in total. The van der Waals surface area contributed by atoms with Gasteiger partial charge in [-0.15, -0.1) is 0 Å². The lowest BCUT2D eigenvalue weighted by Crippen LogP contribution is -2.41. The zero-order chi connectivity index (χ0) is 31.0. The Morgan fingerprint density at radius 1 is 0.422 bits per heavy atom. The van der Waals surface area contributed by atoms with E-state index in [9.17, 15) is 0 Å². The maximum Gasteiger partial charge on any atom is 0.494 e. The smallest absolute Gasteiger partial charge is 0.399 e. The van der Waals surface area contributed by atoms with Crippen LogP contribution in [0, 0.1) is 0 Å². The summed E-state index contributed by atoms with van der Waals surface area (Å²) in [6.45, 7) is 8.32. The quantitative estimate of drug-likeness (QED) is 0.183. The molecule has 0 unspecified atom stereocenters. The minimum absolute atomic E-state index is 0.392.